The number of carbonyl (C=O) groups is 1. The van der Waals surface area contributed by atoms with E-state index in [9.17, 15) is 14.4 Å². The molecule has 0 spiro atoms. The minimum absolute atomic E-state index is 0.0329. The zero-order valence-electron chi connectivity index (χ0n) is 15.6. The third-order valence-corrected chi connectivity index (χ3v) is 6.41. The topological polar surface area (TPSA) is 47.3 Å². The molecule has 0 aromatic heterocycles. The van der Waals surface area contributed by atoms with Gasteiger partial charge in [-0.25, -0.2) is 4.39 Å². The van der Waals surface area contributed by atoms with Crippen LogP contribution in [0.25, 0.3) is 0 Å². The van der Waals surface area contributed by atoms with Crippen molar-refractivity contribution in [1.82, 2.24) is 4.90 Å². The van der Waals surface area contributed by atoms with Gasteiger partial charge in [0, 0.05) is 18.0 Å². The fraction of sp³-hybridized carbons (Fsp3) is 0.273. The van der Waals surface area contributed by atoms with Gasteiger partial charge in [0.25, 0.3) is 0 Å². The van der Waals surface area contributed by atoms with Crippen molar-refractivity contribution < 1.29 is 9.18 Å². The van der Waals surface area contributed by atoms with Crippen LogP contribution in [0, 0.1) is 17.1 Å². The molecule has 2 heterocycles. The fourth-order valence-electron chi connectivity index (χ4n) is 3.84. The van der Waals surface area contributed by atoms with E-state index in [1.807, 2.05) is 12.1 Å². The molecule has 4 rings (SSSR count). The first-order valence-corrected chi connectivity index (χ1v) is 10.3. The molecule has 2 aromatic rings. The maximum absolute atomic E-state index is 13.7. The number of nitriles is 1. The Kier molecular flexibility index (Phi) is 5.10. The first-order chi connectivity index (χ1) is 13.6. The van der Waals surface area contributed by atoms with E-state index in [1.165, 1.54) is 29.5 Å². The Balaban J connectivity index is 1.68. The molecule has 4 nitrogen and oxygen atoms in total. The highest BCUT2D eigenvalue weighted by molar-refractivity contribution is 8.03. The molecule has 28 heavy (non-hydrogen) atoms. The van der Waals surface area contributed by atoms with Gasteiger partial charge in [0.2, 0.25) is 5.91 Å². The Bertz CT molecular complexity index is 997. The summed E-state index contributed by atoms with van der Waals surface area (Å²) in [5.74, 6) is -0.110. The number of para-hydroxylation sites is 1. The smallest absolute Gasteiger partial charge is 0.229 e. The quantitative estimate of drug-likeness (QED) is 0.764. The van der Waals surface area contributed by atoms with Gasteiger partial charge in [-0.05, 0) is 35.7 Å². The van der Waals surface area contributed by atoms with Crippen LogP contribution < -0.4 is 4.90 Å². The molecule has 0 radical (unpaired) electrons. The molecule has 1 atom stereocenters. The Morgan fingerprint density at radius 3 is 2.82 bits per heavy atom. The summed E-state index contributed by atoms with van der Waals surface area (Å²) >= 11 is 1.50. The molecule has 142 valence electrons. The Hall–Kier alpha value is -2.78. The molecule has 0 N–H and O–H groups in total. The number of rotatable bonds is 3. The number of amides is 1. The number of nitrogens with zero attached hydrogens (tertiary/aromatic N) is 3. The Morgan fingerprint density at radius 1 is 1.25 bits per heavy atom. The first kappa shape index (κ1) is 18.6. The highest BCUT2D eigenvalue weighted by atomic mass is 32.2. The number of benzene rings is 2. The predicted octanol–water partition coefficient (Wildman–Crippen LogP) is 4.61. The highest BCUT2D eigenvalue weighted by Crippen LogP contribution is 2.43. The summed E-state index contributed by atoms with van der Waals surface area (Å²) in [6.45, 7) is 2.55. The lowest BCUT2D eigenvalue weighted by molar-refractivity contribution is -0.129. The van der Waals surface area contributed by atoms with Crippen molar-refractivity contribution in [2.75, 3.05) is 17.4 Å². The van der Waals surface area contributed by atoms with Gasteiger partial charge < -0.3 is 4.90 Å². The molecule has 2 aromatic carbocycles. The normalized spacial score (nSPS) is 19.5. The fourth-order valence-corrected chi connectivity index (χ4v) is 5.00. The summed E-state index contributed by atoms with van der Waals surface area (Å²) in [5.41, 5.74) is 3.59. The van der Waals surface area contributed by atoms with E-state index in [-0.39, 0.29) is 24.1 Å². The molecule has 2 aliphatic rings. The molecule has 0 aliphatic carbocycles. The van der Waals surface area contributed by atoms with Crippen molar-refractivity contribution in [3.8, 4) is 6.07 Å². The predicted molar refractivity (Wildman–Crippen MR) is 109 cm³/mol. The zero-order valence-corrected chi connectivity index (χ0v) is 16.4. The second kappa shape index (κ2) is 7.69. The van der Waals surface area contributed by atoms with Crippen LogP contribution in [0.2, 0.25) is 0 Å². The summed E-state index contributed by atoms with van der Waals surface area (Å²) in [4.78, 5) is 16.8. The van der Waals surface area contributed by atoms with Crippen molar-refractivity contribution in [1.29, 1.82) is 5.26 Å². The molecular formula is C22H20FN3OS. The summed E-state index contributed by atoms with van der Waals surface area (Å²) < 4.78 is 13.7. The second-order valence-corrected chi connectivity index (χ2v) is 7.83. The number of thioether (sulfide) groups is 1. The average molecular weight is 393 g/mol. The van der Waals surface area contributed by atoms with E-state index < -0.39 is 0 Å². The summed E-state index contributed by atoms with van der Waals surface area (Å²) in [5, 5.41) is 10.5. The Morgan fingerprint density at radius 2 is 2.07 bits per heavy atom. The van der Waals surface area contributed by atoms with E-state index in [0.717, 1.165) is 12.1 Å². The van der Waals surface area contributed by atoms with Crippen LogP contribution in [-0.4, -0.2) is 23.4 Å². The molecule has 6 heteroatoms. The van der Waals surface area contributed by atoms with Crippen LogP contribution >= 0.6 is 11.8 Å². The number of aryl methyl sites for hydroxylation is 1. The number of halogens is 1. The first-order valence-electron chi connectivity index (χ1n) is 9.28. The van der Waals surface area contributed by atoms with E-state index in [0.29, 0.717) is 28.7 Å². The summed E-state index contributed by atoms with van der Waals surface area (Å²) in [6.07, 6.45) is 1.10. The lowest BCUT2D eigenvalue weighted by Crippen LogP contribution is -2.47. The number of hydrogen-bond donors (Lipinski definition) is 0. The lowest BCUT2D eigenvalue weighted by Gasteiger charge is -2.42. The Labute approximate surface area is 168 Å². The number of anilines is 1. The number of allylic oxidation sites excluding steroid dienone is 1. The molecule has 2 aliphatic heterocycles. The van der Waals surface area contributed by atoms with Gasteiger partial charge in [-0.1, -0.05) is 49.0 Å². The minimum atomic E-state index is -0.388. The van der Waals surface area contributed by atoms with Gasteiger partial charge in [-0.3, -0.25) is 9.69 Å². The van der Waals surface area contributed by atoms with Crippen LogP contribution in [0.5, 0.6) is 0 Å². The van der Waals surface area contributed by atoms with E-state index in [4.69, 9.17) is 0 Å². The van der Waals surface area contributed by atoms with Crippen molar-refractivity contribution in [3.05, 3.63) is 76.1 Å². The van der Waals surface area contributed by atoms with Crippen molar-refractivity contribution in [2.45, 2.75) is 25.7 Å². The maximum atomic E-state index is 13.7. The molecule has 1 fully saturated rings. The molecule has 1 amide bonds. The largest absolute Gasteiger partial charge is 0.343 e. The third kappa shape index (κ3) is 3.27. The second-order valence-electron chi connectivity index (χ2n) is 6.90. The van der Waals surface area contributed by atoms with E-state index in [2.05, 4.69) is 30.0 Å². The van der Waals surface area contributed by atoms with Gasteiger partial charge in [-0.2, -0.15) is 5.26 Å². The van der Waals surface area contributed by atoms with Gasteiger partial charge in [0.05, 0.1) is 29.2 Å². The van der Waals surface area contributed by atoms with Crippen molar-refractivity contribution in [3.63, 3.8) is 0 Å². The third-order valence-electron chi connectivity index (χ3n) is 5.26. The van der Waals surface area contributed by atoms with Crippen LogP contribution in [0.4, 0.5) is 10.1 Å². The number of hydrogen-bond acceptors (Lipinski definition) is 4. The average Bonchev–Trinajstić information content (AvgIpc) is 2.73. The van der Waals surface area contributed by atoms with Crippen LogP contribution in [-0.2, 0) is 11.2 Å². The van der Waals surface area contributed by atoms with Gasteiger partial charge in [0.15, 0.2) is 0 Å². The zero-order chi connectivity index (χ0) is 19.7. The number of carbonyl (C=O) groups excluding carboxylic acids is 1. The number of fused-ring (bicyclic) bond motifs is 1. The van der Waals surface area contributed by atoms with Gasteiger partial charge in [0.1, 0.15) is 5.82 Å². The van der Waals surface area contributed by atoms with Crippen LogP contribution in [0.15, 0.2) is 59.1 Å². The summed E-state index contributed by atoms with van der Waals surface area (Å²) in [7, 11) is 0. The highest BCUT2D eigenvalue weighted by Gasteiger charge is 2.38. The molecule has 0 unspecified atom stereocenters. The van der Waals surface area contributed by atoms with Gasteiger partial charge >= 0.3 is 0 Å². The molecular weight excluding hydrogens is 373 g/mol. The molecule has 0 saturated carbocycles. The molecule has 0 bridgehead atoms. The van der Waals surface area contributed by atoms with Crippen LogP contribution in [0.1, 0.15) is 30.4 Å². The van der Waals surface area contributed by atoms with E-state index >= 15 is 0 Å². The van der Waals surface area contributed by atoms with Crippen molar-refractivity contribution >= 4 is 23.4 Å². The maximum Gasteiger partial charge on any atom is 0.229 e. The SMILES string of the molecule is CCc1ccccc1N1CSC2=C(C#N)[C@H](c3cccc(F)c3)CC(=O)N2C1. The van der Waals surface area contributed by atoms with Crippen LogP contribution in [0.3, 0.4) is 0 Å². The minimum Gasteiger partial charge on any atom is -0.343 e. The van der Waals surface area contributed by atoms with E-state index in [1.54, 1.807) is 17.0 Å². The molecule has 1 saturated heterocycles. The standard InChI is InChI=1S/C22H20FN3OS/c1-2-15-6-3-4-9-20(15)25-13-26-21(27)11-18(16-7-5-8-17(23)10-16)19(12-24)22(26)28-14-25/h3-10,18H,2,11,13-14H2,1H3/t18-/m0/s1. The monoisotopic (exact) mass is 393 g/mol. The lowest BCUT2D eigenvalue weighted by atomic mass is 9.86. The van der Waals surface area contributed by atoms with Crippen molar-refractivity contribution in [2.24, 2.45) is 0 Å². The summed E-state index contributed by atoms with van der Waals surface area (Å²) in [6, 6.07) is 16.7. The van der Waals surface area contributed by atoms with Gasteiger partial charge in [-0.15, -0.1) is 0 Å².